The van der Waals surface area contributed by atoms with Crippen molar-refractivity contribution in [2.75, 3.05) is 0 Å². The van der Waals surface area contributed by atoms with E-state index in [0.29, 0.717) is 18.5 Å². The summed E-state index contributed by atoms with van der Waals surface area (Å²) in [6.45, 7) is 6.00. The molecule has 2 heterocycles. The molecule has 0 aliphatic heterocycles. The summed E-state index contributed by atoms with van der Waals surface area (Å²) >= 11 is 4.23. The van der Waals surface area contributed by atoms with E-state index in [0.717, 1.165) is 36.9 Å². The van der Waals surface area contributed by atoms with Gasteiger partial charge in [0.2, 0.25) is 11.1 Å². The molecular formula is C29H34FN3O4S. The number of thiol groups is 1. The summed E-state index contributed by atoms with van der Waals surface area (Å²) in [7, 11) is 0. The van der Waals surface area contributed by atoms with Crippen molar-refractivity contribution in [2.45, 2.75) is 77.4 Å². The second-order valence-corrected chi connectivity index (χ2v) is 12.5. The second kappa shape index (κ2) is 8.74. The summed E-state index contributed by atoms with van der Waals surface area (Å²) in [5.74, 6) is -0.586. The molecule has 0 spiro atoms. The first-order valence-corrected chi connectivity index (χ1v) is 14.0. The number of aliphatic hydroxyl groups is 1. The molecule has 4 aliphatic carbocycles. The van der Waals surface area contributed by atoms with Crippen LogP contribution in [-0.4, -0.2) is 42.7 Å². The highest BCUT2D eigenvalue weighted by Crippen LogP contribution is 2.68. The minimum Gasteiger partial charge on any atom is -0.449 e. The summed E-state index contributed by atoms with van der Waals surface area (Å²) in [6.07, 6.45) is 9.19. The van der Waals surface area contributed by atoms with Crippen molar-refractivity contribution in [1.29, 1.82) is 0 Å². The Bertz CT molecular complexity index is 1340. The summed E-state index contributed by atoms with van der Waals surface area (Å²) < 4.78 is 21.1. The fraction of sp³-hybridized carbons (Fsp3) is 0.586. The third-order valence-electron chi connectivity index (χ3n) is 10.4. The predicted molar refractivity (Wildman–Crippen MR) is 142 cm³/mol. The number of pyridine rings is 1. The lowest BCUT2D eigenvalue weighted by atomic mass is 9.45. The largest absolute Gasteiger partial charge is 0.449 e. The monoisotopic (exact) mass is 539 g/mol. The van der Waals surface area contributed by atoms with E-state index in [-0.39, 0.29) is 29.6 Å². The first kappa shape index (κ1) is 25.7. The van der Waals surface area contributed by atoms with E-state index in [1.807, 2.05) is 13.1 Å². The molecule has 0 unspecified atom stereocenters. The van der Waals surface area contributed by atoms with E-state index in [1.165, 1.54) is 17.8 Å². The molecule has 2 aromatic heterocycles. The Hall–Kier alpha value is -2.52. The van der Waals surface area contributed by atoms with Crippen LogP contribution in [0.4, 0.5) is 4.39 Å². The van der Waals surface area contributed by atoms with Crippen molar-refractivity contribution >= 4 is 29.8 Å². The highest BCUT2D eigenvalue weighted by atomic mass is 32.1. The molecule has 9 heteroatoms. The topological polar surface area (TPSA) is 94.3 Å². The Kier molecular flexibility index (Phi) is 5.92. The van der Waals surface area contributed by atoms with Crippen LogP contribution in [0.5, 0.6) is 0 Å². The van der Waals surface area contributed by atoms with Gasteiger partial charge in [-0.25, -0.2) is 9.67 Å². The number of allylic oxidation sites excluding steroid dienone is 1. The van der Waals surface area contributed by atoms with Crippen LogP contribution in [-0.2, 0) is 20.7 Å². The molecule has 0 radical (unpaired) electrons. The van der Waals surface area contributed by atoms with Gasteiger partial charge in [-0.15, -0.1) is 12.6 Å². The van der Waals surface area contributed by atoms with Gasteiger partial charge in [-0.1, -0.05) is 26.3 Å². The van der Waals surface area contributed by atoms with Crippen LogP contribution in [0.15, 0.2) is 30.1 Å². The number of fused-ring (bicyclic) bond motifs is 6. The lowest BCUT2D eigenvalue weighted by Gasteiger charge is -2.60. The Morgan fingerprint density at radius 2 is 2.05 bits per heavy atom. The number of esters is 1. The third kappa shape index (κ3) is 3.43. The first-order valence-electron chi connectivity index (χ1n) is 13.6. The van der Waals surface area contributed by atoms with Gasteiger partial charge in [0.1, 0.15) is 0 Å². The van der Waals surface area contributed by atoms with Crippen molar-refractivity contribution < 1.29 is 23.8 Å². The highest BCUT2D eigenvalue weighted by Gasteiger charge is 2.70. The van der Waals surface area contributed by atoms with Crippen LogP contribution in [0.1, 0.15) is 70.6 Å². The summed E-state index contributed by atoms with van der Waals surface area (Å²) in [5, 5.41) is 16.0. The van der Waals surface area contributed by atoms with Gasteiger partial charge in [0.15, 0.2) is 5.60 Å². The van der Waals surface area contributed by atoms with Gasteiger partial charge >= 0.3 is 5.97 Å². The van der Waals surface area contributed by atoms with E-state index in [4.69, 9.17) is 4.74 Å². The van der Waals surface area contributed by atoms with E-state index in [1.54, 1.807) is 17.7 Å². The number of nitrogens with zero attached hydrogens (tertiary/aromatic N) is 3. The molecule has 6 rings (SSSR count). The number of aliphatic hydroxyl groups excluding tert-OH is 1. The minimum atomic E-state index is -1.30. The van der Waals surface area contributed by atoms with Crippen LogP contribution in [0.3, 0.4) is 0 Å². The number of ether oxygens (including phenoxy) is 1. The maximum Gasteiger partial charge on any atom is 0.306 e. The molecule has 2 aromatic rings. The van der Waals surface area contributed by atoms with Gasteiger partial charge in [-0.2, -0.15) is 9.49 Å². The van der Waals surface area contributed by atoms with Crippen molar-refractivity contribution in [2.24, 2.45) is 28.6 Å². The van der Waals surface area contributed by atoms with E-state index >= 15 is 0 Å². The molecule has 202 valence electrons. The predicted octanol–water partition coefficient (Wildman–Crippen LogP) is 4.71. The quantitative estimate of drug-likeness (QED) is 0.332. The first-order chi connectivity index (χ1) is 18.0. The number of rotatable bonds is 4. The molecule has 38 heavy (non-hydrogen) atoms. The summed E-state index contributed by atoms with van der Waals surface area (Å²) in [5.41, 5.74) is 1.82. The zero-order valence-electron chi connectivity index (χ0n) is 22.0. The molecule has 0 bridgehead atoms. The van der Waals surface area contributed by atoms with E-state index in [9.17, 15) is 19.1 Å². The Morgan fingerprint density at radius 1 is 1.26 bits per heavy atom. The molecule has 7 atom stereocenters. The average Bonchev–Trinajstić information content (AvgIpc) is 3.40. The lowest BCUT2D eigenvalue weighted by Crippen LogP contribution is -2.62. The van der Waals surface area contributed by atoms with Crippen molar-refractivity contribution in [1.82, 2.24) is 14.8 Å². The maximum atomic E-state index is 13.4. The van der Waals surface area contributed by atoms with Crippen LogP contribution in [0.25, 0.3) is 11.8 Å². The number of hydrogen-bond acceptors (Lipinski definition) is 6. The van der Waals surface area contributed by atoms with Crippen LogP contribution in [0.2, 0.25) is 0 Å². The Morgan fingerprint density at radius 3 is 2.74 bits per heavy atom. The van der Waals surface area contributed by atoms with Gasteiger partial charge in [0.25, 0.3) is 0 Å². The number of hydrogen-bond donors (Lipinski definition) is 2. The molecule has 0 amide bonds. The molecule has 3 fully saturated rings. The fourth-order valence-electron chi connectivity index (χ4n) is 8.70. The third-order valence-corrected chi connectivity index (χ3v) is 10.8. The van der Waals surface area contributed by atoms with Crippen LogP contribution < -0.4 is 0 Å². The highest BCUT2D eigenvalue weighted by molar-refractivity contribution is 7.96. The van der Waals surface area contributed by atoms with Crippen LogP contribution >= 0.6 is 12.6 Å². The molecule has 3 saturated carbocycles. The van der Waals surface area contributed by atoms with Crippen LogP contribution in [0, 0.1) is 34.5 Å². The number of carbonyl (C=O) groups excluding carboxylic acids is 2. The van der Waals surface area contributed by atoms with Crippen molar-refractivity contribution in [3.05, 3.63) is 47.3 Å². The van der Waals surface area contributed by atoms with E-state index in [2.05, 4.69) is 35.7 Å². The number of aromatic nitrogens is 3. The van der Waals surface area contributed by atoms with Gasteiger partial charge < -0.3 is 9.84 Å². The molecule has 1 N–H and O–H groups in total. The van der Waals surface area contributed by atoms with Gasteiger partial charge in [0.05, 0.1) is 29.9 Å². The van der Waals surface area contributed by atoms with Crippen molar-refractivity contribution in [3.63, 3.8) is 0 Å². The van der Waals surface area contributed by atoms with Crippen molar-refractivity contribution in [3.8, 4) is 5.69 Å². The van der Waals surface area contributed by atoms with Gasteiger partial charge in [0, 0.05) is 11.8 Å². The minimum absolute atomic E-state index is 0.0114. The molecule has 4 aliphatic rings. The lowest BCUT2D eigenvalue weighted by molar-refractivity contribution is -0.196. The fourth-order valence-corrected chi connectivity index (χ4v) is 9.11. The Labute approximate surface area is 227 Å². The molecular weight excluding hydrogens is 505 g/mol. The molecule has 0 aromatic carbocycles. The Balaban J connectivity index is 1.36. The number of halogens is 1. The van der Waals surface area contributed by atoms with E-state index < -0.39 is 34.2 Å². The van der Waals surface area contributed by atoms with Gasteiger partial charge in [-0.3, -0.25) is 9.59 Å². The standard InChI is InChI=1S/C29H34FN3O4S/c1-4-24(35)37-29(26(36)38)10-9-20-19-7-5-17-11-21-16(14-32-33(21)18-6-8-23(30)31-15-18)12-27(17,2)25(19)22(34)13-28(20,29)3/h6,8,11,14-15,19-20,22,25,34H,4-5,7,9-10,12-13H2,1-3H3,(H,36,38)/t19-,20-,22-,25+,27-,28-,29-/m0/s1. The zero-order valence-corrected chi connectivity index (χ0v) is 22.9. The molecule has 0 saturated heterocycles. The normalized spacial score (nSPS) is 37.4. The van der Waals surface area contributed by atoms with Gasteiger partial charge in [-0.05, 0) is 85.5 Å². The smallest absolute Gasteiger partial charge is 0.306 e. The zero-order chi connectivity index (χ0) is 27.0. The SMILES string of the molecule is CCC(=O)O[C@]1(C(=O)S)CC[C@H]2[C@@H]3CCC4=Cc5c(cnn5-c5ccc(F)nc5)C[C@]4(C)[C@H]3[C@@H](O)C[C@@]21C. The summed E-state index contributed by atoms with van der Waals surface area (Å²) in [6, 6.07) is 3.00. The maximum absolute atomic E-state index is 13.4. The second-order valence-electron chi connectivity index (χ2n) is 12.1. The number of carbonyl (C=O) groups is 2. The average molecular weight is 540 g/mol. The molecule has 7 nitrogen and oxygen atoms in total. The summed E-state index contributed by atoms with van der Waals surface area (Å²) in [4.78, 5) is 29.2.